The standard InChI is InChI=1S/C44H26N4O/c1-3-11-29-25-31(20-18-27(29)9-1)42-46-43(32-21-19-28-10-2-4-12-30(28)26-32)48-44(47-42)37-23-22-35(33-13-5-6-14-34(33)37)36-15-7-16-38-40(36)41-39(49-38)17-8-24-45-41/h1-26H. The number of rotatable bonds is 4. The second-order valence-electron chi connectivity index (χ2n) is 12.3. The molecule has 10 rings (SSSR count). The summed E-state index contributed by atoms with van der Waals surface area (Å²) in [5.41, 5.74) is 7.44. The van der Waals surface area contributed by atoms with Gasteiger partial charge in [-0.1, -0.05) is 115 Å². The molecule has 0 aliphatic heterocycles. The summed E-state index contributed by atoms with van der Waals surface area (Å²) < 4.78 is 6.19. The molecule has 7 aromatic carbocycles. The lowest BCUT2D eigenvalue weighted by Gasteiger charge is -2.14. The van der Waals surface area contributed by atoms with Gasteiger partial charge in [0.2, 0.25) is 0 Å². The van der Waals surface area contributed by atoms with E-state index in [2.05, 4.69) is 127 Å². The lowest BCUT2D eigenvalue weighted by molar-refractivity contribution is 0.668. The van der Waals surface area contributed by atoms with Crippen molar-refractivity contribution in [3.8, 4) is 45.3 Å². The Labute approximate surface area is 281 Å². The van der Waals surface area contributed by atoms with Crippen LogP contribution in [0.1, 0.15) is 0 Å². The quantitative estimate of drug-likeness (QED) is 0.194. The first-order chi connectivity index (χ1) is 24.3. The van der Waals surface area contributed by atoms with Gasteiger partial charge in [0.1, 0.15) is 11.1 Å². The van der Waals surface area contributed by atoms with Gasteiger partial charge >= 0.3 is 0 Å². The summed E-state index contributed by atoms with van der Waals surface area (Å²) in [5, 5.41) is 7.78. The van der Waals surface area contributed by atoms with Crippen molar-refractivity contribution in [2.45, 2.75) is 0 Å². The first-order valence-corrected chi connectivity index (χ1v) is 16.3. The van der Waals surface area contributed by atoms with E-state index >= 15 is 0 Å². The highest BCUT2D eigenvalue weighted by Crippen LogP contribution is 2.41. The highest BCUT2D eigenvalue weighted by atomic mass is 16.3. The molecule has 0 spiro atoms. The molecule has 49 heavy (non-hydrogen) atoms. The van der Waals surface area contributed by atoms with Crippen LogP contribution in [0.25, 0.3) is 99.7 Å². The maximum Gasteiger partial charge on any atom is 0.164 e. The zero-order valence-electron chi connectivity index (χ0n) is 26.2. The fourth-order valence-corrected chi connectivity index (χ4v) is 7.00. The van der Waals surface area contributed by atoms with Gasteiger partial charge in [0.25, 0.3) is 0 Å². The molecule has 0 bridgehead atoms. The van der Waals surface area contributed by atoms with Crippen LogP contribution in [0.5, 0.6) is 0 Å². The predicted molar refractivity (Wildman–Crippen MR) is 199 cm³/mol. The van der Waals surface area contributed by atoms with Gasteiger partial charge in [-0.05, 0) is 79.8 Å². The third-order valence-corrected chi connectivity index (χ3v) is 9.36. The fourth-order valence-electron chi connectivity index (χ4n) is 7.00. The van der Waals surface area contributed by atoms with Gasteiger partial charge in [0.05, 0.1) is 5.39 Å². The van der Waals surface area contributed by atoms with Gasteiger partial charge in [-0.2, -0.15) is 0 Å². The molecule has 5 heteroatoms. The van der Waals surface area contributed by atoms with Crippen molar-refractivity contribution in [2.75, 3.05) is 0 Å². The number of benzene rings is 7. The van der Waals surface area contributed by atoms with Crippen LogP contribution in [0.15, 0.2) is 162 Å². The molecule has 0 unspecified atom stereocenters. The monoisotopic (exact) mass is 626 g/mol. The summed E-state index contributed by atoms with van der Waals surface area (Å²) in [6.45, 7) is 0. The summed E-state index contributed by atoms with van der Waals surface area (Å²) in [5.74, 6) is 1.89. The molecule has 0 atom stereocenters. The van der Waals surface area contributed by atoms with Gasteiger partial charge < -0.3 is 4.42 Å². The second kappa shape index (κ2) is 10.9. The second-order valence-corrected chi connectivity index (χ2v) is 12.3. The minimum Gasteiger partial charge on any atom is -0.454 e. The molecule has 0 saturated carbocycles. The van der Waals surface area contributed by atoms with Gasteiger partial charge in [0, 0.05) is 22.9 Å². The molecule has 0 aliphatic rings. The zero-order chi connectivity index (χ0) is 32.3. The number of hydrogen-bond acceptors (Lipinski definition) is 5. The summed E-state index contributed by atoms with van der Waals surface area (Å²) in [4.78, 5) is 20.1. The minimum atomic E-state index is 0.623. The average Bonchev–Trinajstić information content (AvgIpc) is 3.56. The Kier molecular flexibility index (Phi) is 6.11. The minimum absolute atomic E-state index is 0.623. The molecular weight excluding hydrogens is 601 g/mol. The summed E-state index contributed by atoms with van der Waals surface area (Å²) in [7, 11) is 0. The third kappa shape index (κ3) is 4.55. The molecule has 0 radical (unpaired) electrons. The van der Waals surface area contributed by atoms with E-state index in [9.17, 15) is 0 Å². The maximum atomic E-state index is 6.19. The Morgan fingerprint density at radius 2 is 0.959 bits per heavy atom. The smallest absolute Gasteiger partial charge is 0.164 e. The topological polar surface area (TPSA) is 64.7 Å². The van der Waals surface area contributed by atoms with E-state index in [1.54, 1.807) is 0 Å². The van der Waals surface area contributed by atoms with Crippen LogP contribution >= 0.6 is 0 Å². The number of furan rings is 1. The number of pyridine rings is 1. The molecule has 3 aromatic heterocycles. The largest absolute Gasteiger partial charge is 0.454 e. The van der Waals surface area contributed by atoms with Crippen LogP contribution in [0.3, 0.4) is 0 Å². The molecule has 5 nitrogen and oxygen atoms in total. The van der Waals surface area contributed by atoms with Crippen LogP contribution in [0, 0.1) is 0 Å². The summed E-state index contributed by atoms with van der Waals surface area (Å²) in [6.07, 6.45) is 1.82. The lowest BCUT2D eigenvalue weighted by atomic mass is 9.92. The number of aromatic nitrogens is 4. The van der Waals surface area contributed by atoms with Crippen LogP contribution in [0.4, 0.5) is 0 Å². The molecular formula is C44H26N4O. The first kappa shape index (κ1) is 27.4. The van der Waals surface area contributed by atoms with Gasteiger partial charge in [-0.25, -0.2) is 15.0 Å². The van der Waals surface area contributed by atoms with E-state index in [-0.39, 0.29) is 0 Å². The van der Waals surface area contributed by atoms with Crippen molar-refractivity contribution in [1.82, 2.24) is 19.9 Å². The first-order valence-electron chi connectivity index (χ1n) is 16.3. The van der Waals surface area contributed by atoms with Gasteiger partial charge in [-0.3, -0.25) is 4.98 Å². The normalized spacial score (nSPS) is 11.7. The fraction of sp³-hybridized carbons (Fsp3) is 0. The van der Waals surface area contributed by atoms with Gasteiger partial charge in [0.15, 0.2) is 23.1 Å². The molecule has 0 amide bonds. The summed E-state index contributed by atoms with van der Waals surface area (Å²) in [6, 6.07) is 52.3. The Morgan fingerprint density at radius 1 is 0.388 bits per heavy atom. The zero-order valence-corrected chi connectivity index (χ0v) is 26.2. The predicted octanol–water partition coefficient (Wildman–Crippen LogP) is 11.3. The van der Waals surface area contributed by atoms with Crippen molar-refractivity contribution in [1.29, 1.82) is 0 Å². The van der Waals surface area contributed by atoms with Crippen LogP contribution in [-0.2, 0) is 0 Å². The molecule has 0 fully saturated rings. The van der Waals surface area contributed by atoms with Crippen molar-refractivity contribution in [2.24, 2.45) is 0 Å². The number of nitrogens with zero attached hydrogens (tertiary/aromatic N) is 4. The van der Waals surface area contributed by atoms with Crippen molar-refractivity contribution in [3.63, 3.8) is 0 Å². The van der Waals surface area contributed by atoms with E-state index in [4.69, 9.17) is 24.4 Å². The SMILES string of the molecule is c1ccc2cc(-c3nc(-c4ccc5ccccc5c4)nc(-c4ccc(-c5cccc6oc7cccnc7c56)c5ccccc45)n3)ccc2c1. The number of fused-ring (bicyclic) bond motifs is 6. The van der Waals surface area contributed by atoms with E-state index < -0.39 is 0 Å². The van der Waals surface area contributed by atoms with E-state index in [0.717, 1.165) is 71.4 Å². The van der Waals surface area contributed by atoms with Crippen LogP contribution < -0.4 is 0 Å². The Bertz CT molecular complexity index is 2810. The van der Waals surface area contributed by atoms with Gasteiger partial charge in [-0.15, -0.1) is 0 Å². The molecule has 0 N–H and O–H groups in total. The average molecular weight is 627 g/mol. The molecule has 0 aliphatic carbocycles. The Morgan fingerprint density at radius 3 is 1.65 bits per heavy atom. The van der Waals surface area contributed by atoms with Crippen LogP contribution in [0.2, 0.25) is 0 Å². The van der Waals surface area contributed by atoms with E-state index in [1.807, 2.05) is 30.5 Å². The van der Waals surface area contributed by atoms with Crippen molar-refractivity contribution >= 4 is 54.4 Å². The van der Waals surface area contributed by atoms with Crippen LogP contribution in [-0.4, -0.2) is 19.9 Å². The molecule has 3 heterocycles. The van der Waals surface area contributed by atoms with E-state index in [1.165, 1.54) is 10.8 Å². The lowest BCUT2D eigenvalue weighted by Crippen LogP contribution is -2.01. The highest BCUT2D eigenvalue weighted by molar-refractivity contribution is 6.15. The molecule has 228 valence electrons. The van der Waals surface area contributed by atoms with Crippen molar-refractivity contribution in [3.05, 3.63) is 158 Å². The van der Waals surface area contributed by atoms with Crippen molar-refractivity contribution < 1.29 is 4.42 Å². The third-order valence-electron chi connectivity index (χ3n) is 9.36. The Balaban J connectivity index is 1.21. The Hall–Kier alpha value is -6.72. The molecule has 10 aromatic rings. The highest BCUT2D eigenvalue weighted by Gasteiger charge is 2.19. The summed E-state index contributed by atoms with van der Waals surface area (Å²) >= 11 is 0. The molecule has 0 saturated heterocycles. The maximum absolute atomic E-state index is 6.19. The van der Waals surface area contributed by atoms with E-state index in [0.29, 0.717) is 17.5 Å². The number of hydrogen-bond donors (Lipinski definition) is 0.